The molecule has 0 aliphatic carbocycles. The standard InChI is InChI=1S/C15H13F2NO/c16-13-8-4-7-12(14(13)17)15(19)18-10-9-11-5-2-1-3-6-11/h1-8H,9-10H2,(H,18,19). The normalized spacial score (nSPS) is 10.2. The van der Waals surface area contributed by atoms with E-state index in [1.807, 2.05) is 30.3 Å². The van der Waals surface area contributed by atoms with E-state index < -0.39 is 17.5 Å². The van der Waals surface area contributed by atoms with Crippen LogP contribution in [0.15, 0.2) is 48.5 Å². The lowest BCUT2D eigenvalue weighted by Gasteiger charge is -2.06. The second-order valence-corrected chi connectivity index (χ2v) is 4.09. The molecule has 0 atom stereocenters. The SMILES string of the molecule is O=C(NCCc1ccccc1)c1cccc(F)c1F. The third-order valence-corrected chi connectivity index (χ3v) is 2.74. The molecule has 2 aromatic rings. The van der Waals surface area contributed by atoms with Crippen molar-refractivity contribution >= 4 is 5.91 Å². The van der Waals surface area contributed by atoms with Gasteiger partial charge in [0.05, 0.1) is 5.56 Å². The third kappa shape index (κ3) is 3.37. The first kappa shape index (κ1) is 13.2. The molecule has 2 rings (SSSR count). The van der Waals surface area contributed by atoms with Gasteiger partial charge in [-0.05, 0) is 24.1 Å². The Morgan fingerprint density at radius 1 is 1.00 bits per heavy atom. The van der Waals surface area contributed by atoms with Crippen molar-refractivity contribution < 1.29 is 13.6 Å². The molecule has 0 radical (unpaired) electrons. The third-order valence-electron chi connectivity index (χ3n) is 2.74. The van der Waals surface area contributed by atoms with Gasteiger partial charge in [0.15, 0.2) is 11.6 Å². The molecule has 1 N–H and O–H groups in total. The lowest BCUT2D eigenvalue weighted by Crippen LogP contribution is -2.26. The fourth-order valence-corrected chi connectivity index (χ4v) is 1.74. The summed E-state index contributed by atoms with van der Waals surface area (Å²) in [5.74, 6) is -2.73. The van der Waals surface area contributed by atoms with Gasteiger partial charge in [0, 0.05) is 6.54 Å². The van der Waals surface area contributed by atoms with E-state index in [1.165, 1.54) is 12.1 Å². The summed E-state index contributed by atoms with van der Waals surface area (Å²) in [6.07, 6.45) is 0.642. The van der Waals surface area contributed by atoms with E-state index in [0.29, 0.717) is 13.0 Å². The van der Waals surface area contributed by atoms with Crippen molar-refractivity contribution in [2.45, 2.75) is 6.42 Å². The quantitative estimate of drug-likeness (QED) is 0.900. The van der Waals surface area contributed by atoms with Gasteiger partial charge >= 0.3 is 0 Å². The summed E-state index contributed by atoms with van der Waals surface area (Å²) in [7, 11) is 0. The van der Waals surface area contributed by atoms with Gasteiger partial charge in [-0.15, -0.1) is 0 Å². The van der Waals surface area contributed by atoms with E-state index in [0.717, 1.165) is 11.6 Å². The molecule has 4 heteroatoms. The Morgan fingerprint density at radius 3 is 2.47 bits per heavy atom. The fraction of sp³-hybridized carbons (Fsp3) is 0.133. The minimum atomic E-state index is -1.11. The van der Waals surface area contributed by atoms with E-state index >= 15 is 0 Å². The fourth-order valence-electron chi connectivity index (χ4n) is 1.74. The molecular weight excluding hydrogens is 248 g/mol. The highest BCUT2D eigenvalue weighted by Crippen LogP contribution is 2.11. The summed E-state index contributed by atoms with van der Waals surface area (Å²) in [6.45, 7) is 0.374. The highest BCUT2D eigenvalue weighted by molar-refractivity contribution is 5.94. The van der Waals surface area contributed by atoms with Crippen LogP contribution in [-0.2, 0) is 6.42 Å². The molecule has 0 saturated heterocycles. The van der Waals surface area contributed by atoms with Crippen LogP contribution in [0.1, 0.15) is 15.9 Å². The molecule has 0 aliphatic rings. The van der Waals surface area contributed by atoms with Crippen molar-refractivity contribution in [2.24, 2.45) is 0 Å². The largest absolute Gasteiger partial charge is 0.352 e. The highest BCUT2D eigenvalue weighted by atomic mass is 19.2. The number of carbonyl (C=O) groups is 1. The lowest BCUT2D eigenvalue weighted by molar-refractivity contribution is 0.0949. The number of hydrogen-bond acceptors (Lipinski definition) is 1. The molecule has 2 nitrogen and oxygen atoms in total. The topological polar surface area (TPSA) is 29.1 Å². The van der Waals surface area contributed by atoms with Crippen molar-refractivity contribution in [3.8, 4) is 0 Å². The number of halogens is 2. The van der Waals surface area contributed by atoms with Crippen molar-refractivity contribution in [1.82, 2.24) is 5.32 Å². The second kappa shape index (κ2) is 6.09. The molecule has 2 aromatic carbocycles. The summed E-state index contributed by atoms with van der Waals surface area (Å²) in [4.78, 5) is 11.7. The van der Waals surface area contributed by atoms with Crippen LogP contribution >= 0.6 is 0 Å². The molecule has 0 fully saturated rings. The summed E-state index contributed by atoms with van der Waals surface area (Å²) < 4.78 is 26.3. The molecule has 0 aliphatic heterocycles. The molecule has 98 valence electrons. The maximum Gasteiger partial charge on any atom is 0.254 e. The Bertz CT molecular complexity index is 570. The van der Waals surface area contributed by atoms with Gasteiger partial charge < -0.3 is 5.32 Å². The van der Waals surface area contributed by atoms with Crippen LogP contribution in [0.2, 0.25) is 0 Å². The van der Waals surface area contributed by atoms with Crippen molar-refractivity contribution in [2.75, 3.05) is 6.54 Å². The van der Waals surface area contributed by atoms with Crippen LogP contribution in [-0.4, -0.2) is 12.5 Å². The molecular formula is C15H13F2NO. The van der Waals surface area contributed by atoms with Crippen LogP contribution in [0.3, 0.4) is 0 Å². The Balaban J connectivity index is 1.93. The lowest BCUT2D eigenvalue weighted by atomic mass is 10.1. The van der Waals surface area contributed by atoms with Crippen LogP contribution in [0, 0.1) is 11.6 Å². The summed E-state index contributed by atoms with van der Waals surface area (Å²) >= 11 is 0. The summed E-state index contributed by atoms with van der Waals surface area (Å²) in [5, 5.41) is 2.57. The zero-order valence-corrected chi connectivity index (χ0v) is 10.2. The first-order valence-electron chi connectivity index (χ1n) is 5.94. The molecule has 0 saturated carbocycles. The Labute approximate surface area is 110 Å². The number of nitrogens with one attached hydrogen (secondary N) is 1. The van der Waals surface area contributed by atoms with E-state index in [1.54, 1.807) is 0 Å². The van der Waals surface area contributed by atoms with Gasteiger partial charge in [0.25, 0.3) is 5.91 Å². The van der Waals surface area contributed by atoms with Crippen LogP contribution in [0.5, 0.6) is 0 Å². The highest BCUT2D eigenvalue weighted by Gasteiger charge is 2.14. The van der Waals surface area contributed by atoms with Gasteiger partial charge in [0.2, 0.25) is 0 Å². The number of carbonyl (C=O) groups excluding carboxylic acids is 1. The minimum absolute atomic E-state index is 0.270. The van der Waals surface area contributed by atoms with E-state index in [2.05, 4.69) is 5.32 Å². The molecule has 0 aromatic heterocycles. The van der Waals surface area contributed by atoms with Gasteiger partial charge in [-0.2, -0.15) is 0 Å². The maximum atomic E-state index is 13.4. The molecule has 0 heterocycles. The minimum Gasteiger partial charge on any atom is -0.352 e. The Kier molecular flexibility index (Phi) is 4.23. The van der Waals surface area contributed by atoms with E-state index in [-0.39, 0.29) is 5.56 Å². The number of benzene rings is 2. The molecule has 19 heavy (non-hydrogen) atoms. The van der Waals surface area contributed by atoms with Gasteiger partial charge in [0.1, 0.15) is 0 Å². The van der Waals surface area contributed by atoms with Crippen LogP contribution in [0.25, 0.3) is 0 Å². The molecule has 0 spiro atoms. The zero-order chi connectivity index (χ0) is 13.7. The van der Waals surface area contributed by atoms with E-state index in [9.17, 15) is 13.6 Å². The monoisotopic (exact) mass is 261 g/mol. The second-order valence-electron chi connectivity index (χ2n) is 4.09. The predicted molar refractivity (Wildman–Crippen MR) is 68.8 cm³/mol. The van der Waals surface area contributed by atoms with Crippen molar-refractivity contribution in [3.63, 3.8) is 0 Å². The predicted octanol–water partition coefficient (Wildman–Crippen LogP) is 2.94. The first-order valence-corrected chi connectivity index (χ1v) is 5.94. The molecule has 0 bridgehead atoms. The molecule has 1 amide bonds. The Morgan fingerprint density at radius 2 is 1.74 bits per heavy atom. The molecule has 0 unspecified atom stereocenters. The number of rotatable bonds is 4. The van der Waals surface area contributed by atoms with E-state index in [4.69, 9.17) is 0 Å². The Hall–Kier alpha value is -2.23. The average Bonchev–Trinajstić information content (AvgIpc) is 2.43. The van der Waals surface area contributed by atoms with Crippen LogP contribution in [0.4, 0.5) is 8.78 Å². The van der Waals surface area contributed by atoms with Crippen molar-refractivity contribution in [1.29, 1.82) is 0 Å². The average molecular weight is 261 g/mol. The van der Waals surface area contributed by atoms with Gasteiger partial charge in [-0.1, -0.05) is 36.4 Å². The summed E-state index contributed by atoms with van der Waals surface area (Å²) in [5.41, 5.74) is 0.801. The zero-order valence-electron chi connectivity index (χ0n) is 10.2. The summed E-state index contributed by atoms with van der Waals surface area (Å²) in [6, 6.07) is 13.2. The van der Waals surface area contributed by atoms with Crippen molar-refractivity contribution in [3.05, 3.63) is 71.3 Å². The first-order chi connectivity index (χ1) is 9.18. The number of hydrogen-bond donors (Lipinski definition) is 1. The van der Waals surface area contributed by atoms with Crippen LogP contribution < -0.4 is 5.32 Å². The van der Waals surface area contributed by atoms with Gasteiger partial charge in [-0.3, -0.25) is 4.79 Å². The smallest absolute Gasteiger partial charge is 0.254 e. The maximum absolute atomic E-state index is 13.4. The van der Waals surface area contributed by atoms with Gasteiger partial charge in [-0.25, -0.2) is 8.78 Å². The number of amides is 1.